The summed E-state index contributed by atoms with van der Waals surface area (Å²) in [6, 6.07) is 12.1. The Kier molecular flexibility index (Phi) is 13.5. The molecule has 6 rings (SSSR count). The maximum Gasteiger partial charge on any atom is 0.225 e. The lowest BCUT2D eigenvalue weighted by Gasteiger charge is -2.20. The van der Waals surface area contributed by atoms with E-state index in [1.54, 1.807) is 24.5 Å². The van der Waals surface area contributed by atoms with Crippen molar-refractivity contribution in [2.24, 2.45) is 0 Å². The number of halogens is 1. The first-order valence-corrected chi connectivity index (χ1v) is 14.1. The van der Waals surface area contributed by atoms with Crippen molar-refractivity contribution in [1.29, 1.82) is 0 Å². The summed E-state index contributed by atoms with van der Waals surface area (Å²) in [5, 5.41) is 0. The smallest absolute Gasteiger partial charge is 0.225 e. The molecule has 2 saturated heterocycles. The van der Waals surface area contributed by atoms with Gasteiger partial charge in [-0.05, 0) is 79.7 Å². The van der Waals surface area contributed by atoms with Crippen molar-refractivity contribution in [1.82, 2.24) is 29.9 Å². The van der Waals surface area contributed by atoms with E-state index in [4.69, 9.17) is 19.3 Å². The van der Waals surface area contributed by atoms with E-state index >= 15 is 0 Å². The monoisotopic (exact) mass is 636 g/mol. The van der Waals surface area contributed by atoms with Crippen molar-refractivity contribution in [3.05, 3.63) is 65.8 Å². The van der Waals surface area contributed by atoms with Crippen molar-refractivity contribution in [3.63, 3.8) is 0 Å². The highest BCUT2D eigenvalue weighted by molar-refractivity contribution is 9.10. The molecule has 2 radical (unpaired) electrons. The zero-order chi connectivity index (χ0) is 28.5. The highest BCUT2D eigenvalue weighted by Crippen LogP contribution is 2.23. The molecular weight excluding hydrogens is 599 g/mol. The highest BCUT2D eigenvalue weighted by Gasteiger charge is 2.23. The van der Waals surface area contributed by atoms with Gasteiger partial charge in [0, 0.05) is 55.5 Å². The quantitative estimate of drug-likeness (QED) is 0.248. The van der Waals surface area contributed by atoms with Crippen LogP contribution in [0.5, 0.6) is 0 Å². The van der Waals surface area contributed by atoms with Crippen LogP contribution in [0.2, 0.25) is 0 Å². The van der Waals surface area contributed by atoms with Crippen molar-refractivity contribution in [3.8, 4) is 11.3 Å². The second-order valence-electron chi connectivity index (χ2n) is 9.79. The van der Waals surface area contributed by atoms with E-state index in [1.807, 2.05) is 36.7 Å². The van der Waals surface area contributed by atoms with Gasteiger partial charge < -0.3 is 32.2 Å². The molecule has 0 amide bonds. The summed E-state index contributed by atoms with van der Waals surface area (Å²) in [6.07, 6.45) is 11.8. The van der Waals surface area contributed by atoms with Crippen LogP contribution in [0.3, 0.4) is 0 Å². The van der Waals surface area contributed by atoms with Crippen LogP contribution in [0.1, 0.15) is 39.5 Å². The fourth-order valence-electron chi connectivity index (χ4n) is 4.58. The molecule has 0 aliphatic carbocycles. The number of aromatic nitrogens is 6. The van der Waals surface area contributed by atoms with Crippen molar-refractivity contribution < 1.29 is 11.0 Å². The minimum Gasteiger partial charge on any atom is -0.412 e. The SMILES string of the molecule is C[C@@H]1CCCN1c1ncc(-c2cccc(N)n2)cn1.Nc1cccc(Br)n1.O.O.[B]c1cnc(N2CCC[C@H]2C)nc1. The molecule has 0 spiro atoms. The molecule has 2 atom stereocenters. The van der Waals surface area contributed by atoms with Gasteiger partial charge in [0.1, 0.15) is 24.1 Å². The lowest BCUT2D eigenvalue weighted by atomic mass is 10.0. The van der Waals surface area contributed by atoms with Crippen LogP contribution in [-0.2, 0) is 0 Å². The predicted molar refractivity (Wildman–Crippen MR) is 173 cm³/mol. The average molecular weight is 637 g/mol. The van der Waals surface area contributed by atoms with Crippen LogP contribution >= 0.6 is 15.9 Å². The highest BCUT2D eigenvalue weighted by atomic mass is 79.9. The minimum absolute atomic E-state index is 0. The van der Waals surface area contributed by atoms with Gasteiger partial charge in [0.15, 0.2) is 0 Å². The number of nitrogen functional groups attached to an aromatic ring is 2. The third kappa shape index (κ3) is 9.60. The molecule has 0 saturated carbocycles. The summed E-state index contributed by atoms with van der Waals surface area (Å²) in [5.74, 6) is 2.66. The normalized spacial score (nSPS) is 17.1. The van der Waals surface area contributed by atoms with E-state index in [0.29, 0.717) is 29.2 Å². The number of rotatable bonds is 3. The topological polar surface area (TPSA) is 199 Å². The van der Waals surface area contributed by atoms with Crippen molar-refractivity contribution in [2.75, 3.05) is 34.4 Å². The van der Waals surface area contributed by atoms with Crippen LogP contribution in [0.4, 0.5) is 23.5 Å². The summed E-state index contributed by atoms with van der Waals surface area (Å²) in [6.45, 7) is 6.51. The Hall–Kier alpha value is -3.88. The van der Waals surface area contributed by atoms with E-state index in [9.17, 15) is 0 Å². The number of pyridine rings is 2. The van der Waals surface area contributed by atoms with Crippen LogP contribution in [0.15, 0.2) is 65.8 Å². The Bertz CT molecular complexity index is 1350. The fourth-order valence-corrected chi connectivity index (χ4v) is 4.94. The molecule has 0 bridgehead atoms. The van der Waals surface area contributed by atoms with Gasteiger partial charge in [0.2, 0.25) is 11.9 Å². The summed E-state index contributed by atoms with van der Waals surface area (Å²) in [7, 11) is 5.52. The van der Waals surface area contributed by atoms with Crippen LogP contribution in [-0.4, -0.2) is 73.9 Å². The second kappa shape index (κ2) is 16.5. The molecule has 8 N–H and O–H groups in total. The lowest BCUT2D eigenvalue weighted by molar-refractivity contribution is 0.717. The van der Waals surface area contributed by atoms with Gasteiger partial charge in [0.05, 0.1) is 5.69 Å². The Balaban J connectivity index is 0.000000234. The van der Waals surface area contributed by atoms with Gasteiger partial charge in [-0.3, -0.25) is 0 Å². The van der Waals surface area contributed by atoms with E-state index in [-0.39, 0.29) is 11.0 Å². The zero-order valence-corrected chi connectivity index (χ0v) is 25.4. The molecule has 2 aliphatic heterocycles. The van der Waals surface area contributed by atoms with E-state index in [2.05, 4.69) is 69.5 Å². The Morgan fingerprint density at radius 3 is 1.62 bits per heavy atom. The first kappa shape index (κ1) is 34.3. The molecule has 0 aromatic carbocycles. The summed E-state index contributed by atoms with van der Waals surface area (Å²) in [5.41, 5.74) is 13.3. The first-order valence-electron chi connectivity index (χ1n) is 13.3. The number of nitrogens with two attached hydrogens (primary N) is 2. The Morgan fingerprint density at radius 2 is 1.21 bits per heavy atom. The summed E-state index contributed by atoms with van der Waals surface area (Å²) >= 11 is 3.17. The largest absolute Gasteiger partial charge is 0.412 e. The molecule has 222 valence electrons. The fraction of sp³-hybridized carbons (Fsp3) is 0.357. The number of nitrogens with zero attached hydrogens (tertiary/aromatic N) is 8. The van der Waals surface area contributed by atoms with Crippen molar-refractivity contribution >= 4 is 52.8 Å². The molecule has 2 fully saturated rings. The van der Waals surface area contributed by atoms with Gasteiger partial charge >= 0.3 is 0 Å². The number of anilines is 4. The Morgan fingerprint density at radius 1 is 0.738 bits per heavy atom. The second-order valence-corrected chi connectivity index (χ2v) is 10.6. The standard InChI is InChI=1S/C14H17N5.C9H12BN3.C5H5BrN2.2H2O/c1-10-4-3-7-19(10)14-16-8-11(9-17-14)12-5-2-6-13(15)18-12;1-7-3-2-4-13(7)9-11-5-8(10)6-12-9;6-4-2-1-3-5(7)8-4;;/h2,5-6,8-10H,3-4,7H2,1H3,(H2,15,18);5-7H,2-4H2,1H3;1-3H,(H2,7,8);2*1H2/t10-;7-;;;/m11.../s1. The van der Waals surface area contributed by atoms with E-state index < -0.39 is 0 Å². The predicted octanol–water partition coefficient (Wildman–Crippen LogP) is 2.15. The van der Waals surface area contributed by atoms with Gasteiger partial charge in [-0.15, -0.1) is 0 Å². The van der Waals surface area contributed by atoms with Crippen LogP contribution in [0.25, 0.3) is 11.3 Å². The van der Waals surface area contributed by atoms with Gasteiger partial charge in [-0.2, -0.15) is 0 Å². The summed E-state index contributed by atoms with van der Waals surface area (Å²) < 4.78 is 0.775. The number of hydrogen-bond donors (Lipinski definition) is 2. The first-order chi connectivity index (χ1) is 19.3. The van der Waals surface area contributed by atoms with E-state index in [0.717, 1.165) is 40.8 Å². The van der Waals surface area contributed by atoms with Crippen LogP contribution in [0, 0.1) is 0 Å². The maximum atomic E-state index is 5.68. The van der Waals surface area contributed by atoms with Gasteiger partial charge in [-0.1, -0.05) is 17.6 Å². The molecule has 12 nitrogen and oxygen atoms in total. The molecule has 0 unspecified atom stereocenters. The molecule has 6 heterocycles. The van der Waals surface area contributed by atoms with Gasteiger partial charge in [-0.25, -0.2) is 29.9 Å². The molecule has 4 aromatic heterocycles. The maximum absolute atomic E-state index is 5.68. The molecule has 4 aromatic rings. The van der Waals surface area contributed by atoms with Crippen molar-refractivity contribution in [2.45, 2.75) is 51.6 Å². The van der Waals surface area contributed by atoms with Gasteiger partial charge in [0.25, 0.3) is 0 Å². The van der Waals surface area contributed by atoms with E-state index in [1.165, 1.54) is 25.7 Å². The van der Waals surface area contributed by atoms with Crippen LogP contribution < -0.4 is 26.7 Å². The molecule has 42 heavy (non-hydrogen) atoms. The minimum atomic E-state index is 0. The Labute approximate surface area is 256 Å². The lowest BCUT2D eigenvalue weighted by Crippen LogP contribution is -2.28. The molecular formula is C28H38BBrN10O2. The third-order valence-corrected chi connectivity index (χ3v) is 7.16. The third-order valence-electron chi connectivity index (χ3n) is 6.72. The number of hydrogen-bond acceptors (Lipinski definition) is 10. The zero-order valence-electron chi connectivity index (χ0n) is 23.9. The molecule has 2 aliphatic rings. The average Bonchev–Trinajstić information content (AvgIpc) is 3.58. The summed E-state index contributed by atoms with van der Waals surface area (Å²) in [4.78, 5) is 29.9. The molecule has 14 heteroatoms.